The average molecular weight is 309 g/mol. The van der Waals surface area contributed by atoms with Crippen LogP contribution in [0.2, 0.25) is 0 Å². The highest BCUT2D eigenvalue weighted by Gasteiger charge is 2.39. The summed E-state index contributed by atoms with van der Waals surface area (Å²) in [7, 11) is 1.38. The Bertz CT molecular complexity index is 590. The van der Waals surface area contributed by atoms with E-state index in [9.17, 15) is 19.1 Å². The van der Waals surface area contributed by atoms with Gasteiger partial charge >= 0.3 is 5.97 Å². The normalized spacial score (nSPS) is 21.5. The van der Waals surface area contributed by atoms with Gasteiger partial charge in [0, 0.05) is 13.1 Å². The maximum absolute atomic E-state index is 13.6. The van der Waals surface area contributed by atoms with E-state index in [2.05, 4.69) is 0 Å². The lowest BCUT2D eigenvalue weighted by Crippen LogP contribution is -2.48. The molecule has 1 atom stereocenters. The molecule has 1 aliphatic rings. The number of likely N-dealkylation sites (tertiary alicyclic amines) is 1. The molecule has 5 nitrogen and oxygen atoms in total. The minimum atomic E-state index is -0.904. The smallest absolute Gasteiger partial charge is 0.311 e. The van der Waals surface area contributed by atoms with Crippen molar-refractivity contribution >= 4 is 11.9 Å². The molecular formula is C16H20FNO4. The quantitative estimate of drug-likeness (QED) is 0.925. The Balaban J connectivity index is 2.06. The number of amides is 1. The van der Waals surface area contributed by atoms with Gasteiger partial charge in [-0.3, -0.25) is 9.59 Å². The van der Waals surface area contributed by atoms with Crippen molar-refractivity contribution in [2.24, 2.45) is 5.41 Å². The summed E-state index contributed by atoms with van der Waals surface area (Å²) in [6, 6.07) is 4.40. The molecule has 0 spiro atoms. The van der Waals surface area contributed by atoms with Gasteiger partial charge in [-0.15, -0.1) is 0 Å². The predicted molar refractivity (Wildman–Crippen MR) is 78.2 cm³/mol. The Morgan fingerprint density at radius 3 is 2.77 bits per heavy atom. The van der Waals surface area contributed by atoms with Crippen molar-refractivity contribution in [1.82, 2.24) is 4.90 Å². The van der Waals surface area contributed by atoms with Crippen molar-refractivity contribution in [2.75, 3.05) is 20.2 Å². The fourth-order valence-electron chi connectivity index (χ4n) is 2.73. The summed E-state index contributed by atoms with van der Waals surface area (Å²) in [5.41, 5.74) is -0.357. The molecule has 1 heterocycles. The number of ether oxygens (including phenoxy) is 1. The van der Waals surface area contributed by atoms with Gasteiger partial charge < -0.3 is 14.7 Å². The molecule has 0 aromatic heterocycles. The maximum Gasteiger partial charge on any atom is 0.311 e. The number of carbonyl (C=O) groups is 2. The fourth-order valence-corrected chi connectivity index (χ4v) is 2.73. The molecule has 1 unspecified atom stereocenters. The van der Waals surface area contributed by atoms with Crippen LogP contribution in [-0.2, 0) is 16.0 Å². The van der Waals surface area contributed by atoms with Crippen LogP contribution < -0.4 is 4.74 Å². The summed E-state index contributed by atoms with van der Waals surface area (Å²) in [5.74, 6) is -1.45. The zero-order valence-corrected chi connectivity index (χ0v) is 12.8. The van der Waals surface area contributed by atoms with Gasteiger partial charge in [0.25, 0.3) is 0 Å². The van der Waals surface area contributed by atoms with E-state index in [1.54, 1.807) is 17.9 Å². The molecule has 22 heavy (non-hydrogen) atoms. The first-order chi connectivity index (χ1) is 10.4. The summed E-state index contributed by atoms with van der Waals surface area (Å²) in [4.78, 5) is 25.2. The summed E-state index contributed by atoms with van der Waals surface area (Å²) >= 11 is 0. The van der Waals surface area contributed by atoms with Crippen LogP contribution >= 0.6 is 0 Å². The molecule has 1 fully saturated rings. The van der Waals surface area contributed by atoms with Crippen LogP contribution in [0.1, 0.15) is 25.3 Å². The molecule has 0 aliphatic carbocycles. The number of rotatable bonds is 4. The molecule has 1 aliphatic heterocycles. The minimum Gasteiger partial charge on any atom is -0.494 e. The largest absolute Gasteiger partial charge is 0.494 e. The molecular weight excluding hydrogens is 289 g/mol. The van der Waals surface area contributed by atoms with E-state index in [4.69, 9.17) is 4.74 Å². The Morgan fingerprint density at radius 1 is 1.45 bits per heavy atom. The molecule has 6 heteroatoms. The summed E-state index contributed by atoms with van der Waals surface area (Å²) in [6.07, 6.45) is 1.27. The van der Waals surface area contributed by atoms with Crippen LogP contribution in [0.3, 0.4) is 0 Å². The van der Waals surface area contributed by atoms with E-state index < -0.39 is 17.2 Å². The predicted octanol–water partition coefficient (Wildman–Crippen LogP) is 2.09. The number of methoxy groups -OCH3 is 1. The van der Waals surface area contributed by atoms with Gasteiger partial charge in [-0.25, -0.2) is 4.39 Å². The number of hydrogen-bond donors (Lipinski definition) is 1. The number of carboxylic acid groups (broad SMARTS) is 1. The molecule has 0 saturated carbocycles. The Kier molecular flexibility index (Phi) is 4.68. The summed E-state index contributed by atoms with van der Waals surface area (Å²) in [5, 5.41) is 9.28. The number of piperidine rings is 1. The molecule has 1 N–H and O–H groups in total. The second kappa shape index (κ2) is 6.34. The van der Waals surface area contributed by atoms with E-state index in [1.165, 1.54) is 19.2 Å². The van der Waals surface area contributed by atoms with Crippen LogP contribution in [0.25, 0.3) is 0 Å². The topological polar surface area (TPSA) is 66.8 Å². The average Bonchev–Trinajstić information content (AvgIpc) is 2.47. The van der Waals surface area contributed by atoms with Gasteiger partial charge in [-0.1, -0.05) is 6.07 Å². The summed E-state index contributed by atoms with van der Waals surface area (Å²) in [6.45, 7) is 2.39. The lowest BCUT2D eigenvalue weighted by Gasteiger charge is -2.37. The second-order valence-electron chi connectivity index (χ2n) is 5.93. The molecule has 0 radical (unpaired) electrons. The van der Waals surface area contributed by atoms with Crippen molar-refractivity contribution in [3.05, 3.63) is 29.6 Å². The van der Waals surface area contributed by atoms with Gasteiger partial charge in [0.2, 0.25) is 5.91 Å². The molecule has 1 aromatic rings. The number of halogens is 1. The third kappa shape index (κ3) is 3.37. The number of nitrogens with zero attached hydrogens (tertiary/aromatic N) is 1. The van der Waals surface area contributed by atoms with E-state index in [0.29, 0.717) is 24.9 Å². The van der Waals surface area contributed by atoms with Crippen LogP contribution in [-0.4, -0.2) is 42.1 Å². The van der Waals surface area contributed by atoms with Crippen molar-refractivity contribution in [1.29, 1.82) is 0 Å². The third-order valence-corrected chi connectivity index (χ3v) is 4.14. The highest BCUT2D eigenvalue weighted by Crippen LogP contribution is 2.30. The van der Waals surface area contributed by atoms with E-state index in [0.717, 1.165) is 0 Å². The van der Waals surface area contributed by atoms with Crippen LogP contribution in [0, 0.1) is 11.2 Å². The molecule has 1 aromatic carbocycles. The van der Waals surface area contributed by atoms with Crippen molar-refractivity contribution in [3.8, 4) is 5.75 Å². The molecule has 1 amide bonds. The highest BCUT2D eigenvalue weighted by molar-refractivity contribution is 5.81. The van der Waals surface area contributed by atoms with Crippen molar-refractivity contribution in [3.63, 3.8) is 0 Å². The number of hydrogen-bond acceptors (Lipinski definition) is 3. The minimum absolute atomic E-state index is 0.0522. The van der Waals surface area contributed by atoms with Crippen molar-refractivity contribution < 1.29 is 23.8 Å². The number of carboxylic acids is 1. The van der Waals surface area contributed by atoms with Crippen LogP contribution in [0.15, 0.2) is 18.2 Å². The first kappa shape index (κ1) is 16.3. The van der Waals surface area contributed by atoms with Crippen LogP contribution in [0.5, 0.6) is 5.75 Å². The molecule has 0 bridgehead atoms. The fraction of sp³-hybridized carbons (Fsp3) is 0.500. The first-order valence-electron chi connectivity index (χ1n) is 7.19. The lowest BCUT2D eigenvalue weighted by molar-refractivity contribution is -0.153. The summed E-state index contributed by atoms with van der Waals surface area (Å²) < 4.78 is 18.5. The van der Waals surface area contributed by atoms with Gasteiger partial charge in [-0.2, -0.15) is 0 Å². The standard InChI is InChI=1S/C16H20FNO4/c1-16(15(20)21)6-3-7-18(10-16)14(19)9-11-4-5-13(22-2)12(17)8-11/h4-5,8H,3,6-7,9-10H2,1-2H3,(H,20,21). The van der Waals surface area contributed by atoms with E-state index in [1.807, 2.05) is 0 Å². The molecule has 2 rings (SSSR count). The van der Waals surface area contributed by atoms with Gasteiger partial charge in [-0.05, 0) is 37.5 Å². The molecule has 120 valence electrons. The zero-order chi connectivity index (χ0) is 16.3. The zero-order valence-electron chi connectivity index (χ0n) is 12.8. The first-order valence-corrected chi connectivity index (χ1v) is 7.19. The van der Waals surface area contributed by atoms with E-state index >= 15 is 0 Å². The highest BCUT2D eigenvalue weighted by atomic mass is 19.1. The van der Waals surface area contributed by atoms with Gasteiger partial charge in [0.15, 0.2) is 11.6 Å². The second-order valence-corrected chi connectivity index (χ2v) is 5.93. The number of benzene rings is 1. The Hall–Kier alpha value is -2.11. The van der Waals surface area contributed by atoms with Gasteiger partial charge in [0.05, 0.1) is 18.9 Å². The number of aliphatic carboxylic acids is 1. The van der Waals surface area contributed by atoms with Crippen molar-refractivity contribution in [2.45, 2.75) is 26.2 Å². The molecule has 1 saturated heterocycles. The number of carbonyl (C=O) groups excluding carboxylic acids is 1. The SMILES string of the molecule is COc1ccc(CC(=O)N2CCCC(C)(C(=O)O)C2)cc1F. The van der Waals surface area contributed by atoms with Gasteiger partial charge in [0.1, 0.15) is 0 Å². The Morgan fingerprint density at radius 2 is 2.18 bits per heavy atom. The lowest BCUT2D eigenvalue weighted by atomic mass is 9.82. The Labute approximate surface area is 128 Å². The van der Waals surface area contributed by atoms with E-state index in [-0.39, 0.29) is 24.6 Å². The monoisotopic (exact) mass is 309 g/mol. The maximum atomic E-state index is 13.6. The third-order valence-electron chi connectivity index (χ3n) is 4.14. The van der Waals surface area contributed by atoms with Crippen LogP contribution in [0.4, 0.5) is 4.39 Å².